The van der Waals surface area contributed by atoms with Gasteiger partial charge in [0.15, 0.2) is 11.6 Å². The van der Waals surface area contributed by atoms with Gasteiger partial charge in [0.05, 0.1) is 12.8 Å². The molecule has 2 aromatic rings. The molecule has 0 aliphatic carbocycles. The Kier molecular flexibility index (Phi) is 3.35. The van der Waals surface area contributed by atoms with Crippen molar-refractivity contribution in [2.24, 2.45) is 11.7 Å². The highest BCUT2D eigenvalue weighted by Gasteiger charge is 2.24. The molecule has 2 N–H and O–H groups in total. The number of nitrogens with two attached hydrogens (primary N) is 1. The molecular formula is C13H18N4O2. The van der Waals surface area contributed by atoms with Gasteiger partial charge in [-0.15, -0.1) is 0 Å². The smallest absolute Gasteiger partial charge is 0.293 e. The number of furan rings is 1. The van der Waals surface area contributed by atoms with Gasteiger partial charge in [-0.1, -0.05) is 12.1 Å². The largest absolute Gasteiger partial charge is 0.459 e. The van der Waals surface area contributed by atoms with E-state index < -0.39 is 0 Å². The molecule has 0 radical (unpaired) electrons. The first-order valence-corrected chi connectivity index (χ1v) is 6.57. The summed E-state index contributed by atoms with van der Waals surface area (Å²) in [5, 5.41) is 3.98. The van der Waals surface area contributed by atoms with Crippen molar-refractivity contribution in [1.29, 1.82) is 0 Å². The molecule has 102 valence electrons. The Morgan fingerprint density at radius 1 is 1.53 bits per heavy atom. The molecule has 0 aromatic carbocycles. The SMILES string of the molecule is CC1CCN(Cc2noc(-c3ccco3)n2)CC1N. The second-order valence-electron chi connectivity index (χ2n) is 5.16. The van der Waals surface area contributed by atoms with Crippen LogP contribution in [0.1, 0.15) is 19.2 Å². The van der Waals surface area contributed by atoms with Gasteiger partial charge in [-0.3, -0.25) is 4.90 Å². The first-order chi connectivity index (χ1) is 9.22. The topological polar surface area (TPSA) is 81.3 Å². The van der Waals surface area contributed by atoms with Crippen LogP contribution in [0.15, 0.2) is 27.3 Å². The van der Waals surface area contributed by atoms with Crippen molar-refractivity contribution in [1.82, 2.24) is 15.0 Å². The second kappa shape index (κ2) is 5.14. The Morgan fingerprint density at radius 2 is 2.42 bits per heavy atom. The average Bonchev–Trinajstić information content (AvgIpc) is 3.04. The molecule has 19 heavy (non-hydrogen) atoms. The first kappa shape index (κ1) is 12.4. The normalized spacial score (nSPS) is 24.7. The first-order valence-electron chi connectivity index (χ1n) is 6.57. The predicted octanol–water partition coefficient (Wildman–Crippen LogP) is 1.50. The molecular weight excluding hydrogens is 244 g/mol. The van der Waals surface area contributed by atoms with Crippen LogP contribution in [0.3, 0.4) is 0 Å². The molecule has 1 aliphatic heterocycles. The maximum absolute atomic E-state index is 6.08. The van der Waals surface area contributed by atoms with Gasteiger partial charge in [0.25, 0.3) is 5.89 Å². The molecule has 3 heterocycles. The van der Waals surface area contributed by atoms with E-state index in [1.165, 1.54) is 0 Å². The lowest BCUT2D eigenvalue weighted by Gasteiger charge is -2.34. The maximum atomic E-state index is 6.08. The Morgan fingerprint density at radius 3 is 3.16 bits per heavy atom. The van der Waals surface area contributed by atoms with Gasteiger partial charge in [-0.05, 0) is 31.0 Å². The lowest BCUT2D eigenvalue weighted by atomic mass is 9.94. The number of likely N-dealkylation sites (tertiary alicyclic amines) is 1. The van der Waals surface area contributed by atoms with Crippen molar-refractivity contribution in [2.75, 3.05) is 13.1 Å². The van der Waals surface area contributed by atoms with E-state index in [9.17, 15) is 0 Å². The monoisotopic (exact) mass is 262 g/mol. The molecule has 1 saturated heterocycles. The van der Waals surface area contributed by atoms with Crippen molar-refractivity contribution in [2.45, 2.75) is 25.9 Å². The van der Waals surface area contributed by atoms with Crippen LogP contribution in [0.2, 0.25) is 0 Å². The van der Waals surface area contributed by atoms with E-state index in [0.29, 0.717) is 29.9 Å². The highest BCUT2D eigenvalue weighted by atomic mass is 16.5. The van der Waals surface area contributed by atoms with E-state index >= 15 is 0 Å². The molecule has 1 fully saturated rings. The predicted molar refractivity (Wildman–Crippen MR) is 69.0 cm³/mol. The lowest BCUT2D eigenvalue weighted by Crippen LogP contribution is -2.47. The molecule has 1 aliphatic rings. The third kappa shape index (κ3) is 2.69. The van der Waals surface area contributed by atoms with Gasteiger partial charge >= 0.3 is 0 Å². The molecule has 0 amide bonds. The quantitative estimate of drug-likeness (QED) is 0.902. The second-order valence-corrected chi connectivity index (χ2v) is 5.16. The fourth-order valence-electron chi connectivity index (χ4n) is 2.33. The van der Waals surface area contributed by atoms with Crippen LogP contribution in [-0.2, 0) is 6.54 Å². The van der Waals surface area contributed by atoms with Crippen LogP contribution in [0.4, 0.5) is 0 Å². The molecule has 0 saturated carbocycles. The summed E-state index contributed by atoms with van der Waals surface area (Å²) in [7, 11) is 0. The van der Waals surface area contributed by atoms with E-state index in [1.807, 2.05) is 0 Å². The van der Waals surface area contributed by atoms with Crippen molar-refractivity contribution < 1.29 is 8.94 Å². The Hall–Kier alpha value is -1.66. The van der Waals surface area contributed by atoms with Crippen LogP contribution in [0.5, 0.6) is 0 Å². The standard InChI is InChI=1S/C13H18N4O2/c1-9-4-5-17(7-10(9)14)8-12-15-13(19-16-12)11-3-2-6-18-11/h2-3,6,9-10H,4-5,7-8,14H2,1H3. The summed E-state index contributed by atoms with van der Waals surface area (Å²) in [6, 6.07) is 3.82. The fourth-order valence-corrected chi connectivity index (χ4v) is 2.33. The molecule has 3 rings (SSSR count). The summed E-state index contributed by atoms with van der Waals surface area (Å²) in [5.41, 5.74) is 6.08. The minimum Gasteiger partial charge on any atom is -0.459 e. The summed E-state index contributed by atoms with van der Waals surface area (Å²) in [6.45, 7) is 4.78. The molecule has 2 atom stereocenters. The molecule has 2 unspecified atom stereocenters. The minimum atomic E-state index is 0.227. The molecule has 6 nitrogen and oxygen atoms in total. The van der Waals surface area contributed by atoms with Crippen LogP contribution in [0.25, 0.3) is 11.7 Å². The number of rotatable bonds is 3. The third-order valence-electron chi connectivity index (χ3n) is 3.67. The van der Waals surface area contributed by atoms with Crippen LogP contribution in [-0.4, -0.2) is 34.2 Å². The van der Waals surface area contributed by atoms with Gasteiger partial charge in [0, 0.05) is 12.6 Å². The number of piperidine rings is 1. The number of nitrogens with zero attached hydrogens (tertiary/aromatic N) is 3. The van der Waals surface area contributed by atoms with E-state index in [4.69, 9.17) is 14.7 Å². The van der Waals surface area contributed by atoms with Crippen molar-refractivity contribution in [3.05, 3.63) is 24.2 Å². The maximum Gasteiger partial charge on any atom is 0.293 e. The number of aromatic nitrogens is 2. The zero-order valence-electron chi connectivity index (χ0n) is 11.0. The lowest BCUT2D eigenvalue weighted by molar-refractivity contribution is 0.157. The van der Waals surface area contributed by atoms with Crippen molar-refractivity contribution in [3.8, 4) is 11.7 Å². The summed E-state index contributed by atoms with van der Waals surface area (Å²) >= 11 is 0. The zero-order valence-corrected chi connectivity index (χ0v) is 11.0. The summed E-state index contributed by atoms with van der Waals surface area (Å²) in [5.74, 6) is 2.28. The summed E-state index contributed by atoms with van der Waals surface area (Å²) in [6.07, 6.45) is 2.70. The molecule has 2 aromatic heterocycles. The van der Waals surface area contributed by atoms with Gasteiger partial charge in [-0.2, -0.15) is 4.98 Å². The van der Waals surface area contributed by atoms with E-state index in [1.54, 1.807) is 18.4 Å². The van der Waals surface area contributed by atoms with Gasteiger partial charge in [0.1, 0.15) is 0 Å². The number of hydrogen-bond acceptors (Lipinski definition) is 6. The van der Waals surface area contributed by atoms with Gasteiger partial charge < -0.3 is 14.7 Å². The van der Waals surface area contributed by atoms with Gasteiger partial charge in [-0.25, -0.2) is 0 Å². The van der Waals surface area contributed by atoms with E-state index in [2.05, 4.69) is 22.0 Å². The van der Waals surface area contributed by atoms with Crippen LogP contribution >= 0.6 is 0 Å². The van der Waals surface area contributed by atoms with Crippen LogP contribution < -0.4 is 5.73 Å². The van der Waals surface area contributed by atoms with Gasteiger partial charge in [0.2, 0.25) is 0 Å². The minimum absolute atomic E-state index is 0.227. The molecule has 0 bridgehead atoms. The Balaban J connectivity index is 1.64. The molecule has 6 heteroatoms. The Bertz CT molecular complexity index is 522. The van der Waals surface area contributed by atoms with Crippen LogP contribution in [0, 0.1) is 5.92 Å². The van der Waals surface area contributed by atoms with E-state index in [-0.39, 0.29) is 6.04 Å². The highest BCUT2D eigenvalue weighted by Crippen LogP contribution is 2.19. The summed E-state index contributed by atoms with van der Waals surface area (Å²) < 4.78 is 10.4. The van der Waals surface area contributed by atoms with E-state index in [0.717, 1.165) is 19.5 Å². The Labute approximate surface area is 111 Å². The average molecular weight is 262 g/mol. The third-order valence-corrected chi connectivity index (χ3v) is 3.67. The summed E-state index contributed by atoms with van der Waals surface area (Å²) in [4.78, 5) is 6.60. The van der Waals surface area contributed by atoms with Crippen molar-refractivity contribution in [3.63, 3.8) is 0 Å². The zero-order chi connectivity index (χ0) is 13.2. The highest BCUT2D eigenvalue weighted by molar-refractivity contribution is 5.42. The number of hydrogen-bond donors (Lipinski definition) is 1. The molecule has 0 spiro atoms. The van der Waals surface area contributed by atoms with Crippen molar-refractivity contribution >= 4 is 0 Å². The fraction of sp³-hybridized carbons (Fsp3) is 0.538.